The van der Waals surface area contributed by atoms with Crippen molar-refractivity contribution in [3.05, 3.63) is 54.4 Å². The Morgan fingerprint density at radius 1 is 1.10 bits per heavy atom. The number of nitrogens with zero attached hydrogens (tertiary/aromatic N) is 5. The molecule has 0 N–H and O–H groups in total. The number of fused-ring (bicyclic) bond motifs is 2. The molecular weight excluding hydrogens is 366 g/mol. The van der Waals surface area contributed by atoms with E-state index in [0.717, 1.165) is 56.7 Å². The van der Waals surface area contributed by atoms with E-state index in [1.807, 2.05) is 29.3 Å². The minimum absolute atomic E-state index is 0.134. The number of para-hydroxylation sites is 1. The van der Waals surface area contributed by atoms with Gasteiger partial charge in [-0.2, -0.15) is 10.1 Å². The van der Waals surface area contributed by atoms with Crippen LogP contribution in [-0.4, -0.2) is 57.7 Å². The third kappa shape index (κ3) is 3.82. The molecule has 29 heavy (non-hydrogen) atoms. The van der Waals surface area contributed by atoms with Crippen molar-refractivity contribution in [1.82, 2.24) is 19.5 Å². The summed E-state index contributed by atoms with van der Waals surface area (Å²) in [6, 6.07) is 12.0. The van der Waals surface area contributed by atoms with Crippen LogP contribution in [0.5, 0.6) is 5.88 Å². The first-order valence-corrected chi connectivity index (χ1v) is 10.3. The van der Waals surface area contributed by atoms with Crippen LogP contribution in [0.3, 0.4) is 0 Å². The smallest absolute Gasteiger partial charge is 0.241 e. The van der Waals surface area contributed by atoms with Gasteiger partial charge in [-0.15, -0.1) is 0 Å². The maximum atomic E-state index is 12.9. The number of anilines is 1. The Hall–Kier alpha value is -2.93. The van der Waals surface area contributed by atoms with Gasteiger partial charge in [-0.1, -0.05) is 18.2 Å². The molecule has 1 saturated heterocycles. The van der Waals surface area contributed by atoms with E-state index in [-0.39, 0.29) is 12.0 Å². The number of benzene rings is 1. The van der Waals surface area contributed by atoms with Crippen LogP contribution in [-0.2, 0) is 11.2 Å². The van der Waals surface area contributed by atoms with Crippen LogP contribution in [0.1, 0.15) is 24.8 Å². The van der Waals surface area contributed by atoms with Gasteiger partial charge in [0.1, 0.15) is 6.10 Å². The summed E-state index contributed by atoms with van der Waals surface area (Å²) < 4.78 is 7.80. The minimum atomic E-state index is 0.134. The molecule has 1 aromatic carbocycles. The maximum absolute atomic E-state index is 12.9. The van der Waals surface area contributed by atoms with Gasteiger partial charge in [0.15, 0.2) is 5.65 Å². The molecule has 2 aliphatic rings. The highest BCUT2D eigenvalue weighted by atomic mass is 16.5. The lowest BCUT2D eigenvalue weighted by atomic mass is 10.0. The molecule has 0 aliphatic carbocycles. The van der Waals surface area contributed by atoms with E-state index in [0.29, 0.717) is 12.4 Å². The zero-order chi connectivity index (χ0) is 19.6. The molecule has 2 aliphatic heterocycles. The van der Waals surface area contributed by atoms with Crippen LogP contribution < -0.4 is 9.64 Å². The molecule has 2 aromatic heterocycles. The van der Waals surface area contributed by atoms with Crippen molar-refractivity contribution in [2.24, 2.45) is 0 Å². The van der Waals surface area contributed by atoms with E-state index in [1.54, 1.807) is 10.7 Å². The SMILES string of the molecule is O=C(CN1CCC(Oc2ccn3nccc3n2)CC1)N1CCCc2ccccc21. The summed E-state index contributed by atoms with van der Waals surface area (Å²) in [6.07, 6.45) is 7.61. The van der Waals surface area contributed by atoms with Gasteiger partial charge >= 0.3 is 0 Å². The molecule has 4 heterocycles. The first-order valence-electron chi connectivity index (χ1n) is 10.3. The Balaban J connectivity index is 1.15. The molecule has 7 nitrogen and oxygen atoms in total. The first-order chi connectivity index (χ1) is 14.3. The minimum Gasteiger partial charge on any atom is -0.474 e. The van der Waals surface area contributed by atoms with Crippen molar-refractivity contribution < 1.29 is 9.53 Å². The van der Waals surface area contributed by atoms with E-state index in [9.17, 15) is 4.79 Å². The first kappa shape index (κ1) is 18.1. The van der Waals surface area contributed by atoms with Gasteiger partial charge in [0.2, 0.25) is 11.8 Å². The van der Waals surface area contributed by atoms with Gasteiger partial charge in [-0.05, 0) is 37.3 Å². The summed E-state index contributed by atoms with van der Waals surface area (Å²) in [5.41, 5.74) is 3.15. The number of hydrogen-bond donors (Lipinski definition) is 0. The van der Waals surface area contributed by atoms with E-state index in [4.69, 9.17) is 4.74 Å². The molecule has 0 spiro atoms. The Morgan fingerprint density at radius 2 is 1.97 bits per heavy atom. The third-order valence-corrected chi connectivity index (χ3v) is 5.82. The number of aromatic nitrogens is 3. The summed E-state index contributed by atoms with van der Waals surface area (Å²) in [4.78, 5) is 21.6. The highest BCUT2D eigenvalue weighted by Gasteiger charge is 2.27. The Bertz CT molecular complexity index is 1010. The van der Waals surface area contributed by atoms with Gasteiger partial charge in [-0.3, -0.25) is 9.69 Å². The second-order valence-corrected chi connectivity index (χ2v) is 7.77. The van der Waals surface area contributed by atoms with Crippen LogP contribution in [0.15, 0.2) is 48.8 Å². The number of ether oxygens (including phenoxy) is 1. The van der Waals surface area contributed by atoms with E-state index in [1.165, 1.54) is 5.56 Å². The average Bonchev–Trinajstić information content (AvgIpc) is 3.22. The zero-order valence-electron chi connectivity index (χ0n) is 16.4. The number of carbonyl (C=O) groups excluding carboxylic acids is 1. The average molecular weight is 391 g/mol. The topological polar surface area (TPSA) is 63.0 Å². The number of piperidine rings is 1. The molecular formula is C22H25N5O2. The summed E-state index contributed by atoms with van der Waals surface area (Å²) >= 11 is 0. The summed E-state index contributed by atoms with van der Waals surface area (Å²) in [7, 11) is 0. The van der Waals surface area contributed by atoms with Gasteiger partial charge < -0.3 is 9.64 Å². The lowest BCUT2D eigenvalue weighted by molar-refractivity contribution is -0.120. The van der Waals surface area contributed by atoms with Crippen LogP contribution in [0.4, 0.5) is 5.69 Å². The van der Waals surface area contributed by atoms with Crippen molar-refractivity contribution >= 4 is 17.2 Å². The molecule has 0 unspecified atom stereocenters. The molecule has 150 valence electrons. The molecule has 3 aromatic rings. The van der Waals surface area contributed by atoms with Crippen molar-refractivity contribution in [2.75, 3.05) is 31.1 Å². The van der Waals surface area contributed by atoms with Gasteiger partial charge in [0.05, 0.1) is 12.7 Å². The lowest BCUT2D eigenvalue weighted by Gasteiger charge is -2.34. The molecule has 0 bridgehead atoms. The molecule has 0 saturated carbocycles. The molecule has 7 heteroatoms. The number of hydrogen-bond acceptors (Lipinski definition) is 5. The molecule has 1 fully saturated rings. The van der Waals surface area contributed by atoms with Gasteiger partial charge in [-0.25, -0.2) is 4.52 Å². The van der Waals surface area contributed by atoms with E-state index >= 15 is 0 Å². The molecule has 1 amide bonds. The lowest BCUT2D eigenvalue weighted by Crippen LogP contribution is -2.46. The quantitative estimate of drug-likeness (QED) is 0.684. The van der Waals surface area contributed by atoms with Crippen LogP contribution in [0, 0.1) is 0 Å². The van der Waals surface area contributed by atoms with E-state index < -0.39 is 0 Å². The Labute approximate surface area is 169 Å². The monoisotopic (exact) mass is 391 g/mol. The standard InChI is InChI=1S/C22H25N5O2/c28-22(26-12-3-5-17-4-1-2-6-19(17)26)16-25-13-8-18(9-14-25)29-21-10-15-27-20(24-21)7-11-23-27/h1-2,4,6-7,10-11,15,18H,3,5,8-9,12-14,16H2. The summed E-state index contributed by atoms with van der Waals surface area (Å²) in [6.45, 7) is 3.01. The number of likely N-dealkylation sites (tertiary alicyclic amines) is 1. The van der Waals surface area contributed by atoms with E-state index in [2.05, 4.69) is 33.2 Å². The van der Waals surface area contributed by atoms with Crippen molar-refractivity contribution in [1.29, 1.82) is 0 Å². The maximum Gasteiger partial charge on any atom is 0.241 e. The fraction of sp³-hybridized carbons (Fsp3) is 0.409. The third-order valence-electron chi connectivity index (χ3n) is 5.82. The predicted octanol–water partition coefficient (Wildman–Crippen LogP) is 2.55. The number of aryl methyl sites for hydroxylation is 1. The molecule has 0 radical (unpaired) electrons. The molecule has 5 rings (SSSR count). The highest BCUT2D eigenvalue weighted by Crippen LogP contribution is 2.27. The van der Waals surface area contributed by atoms with Gasteiger partial charge in [0.25, 0.3) is 0 Å². The number of amides is 1. The predicted molar refractivity (Wildman–Crippen MR) is 110 cm³/mol. The van der Waals surface area contributed by atoms with Crippen molar-refractivity contribution in [2.45, 2.75) is 31.8 Å². The molecule has 0 atom stereocenters. The van der Waals surface area contributed by atoms with Crippen molar-refractivity contribution in [3.8, 4) is 5.88 Å². The summed E-state index contributed by atoms with van der Waals surface area (Å²) in [5.74, 6) is 0.835. The Morgan fingerprint density at radius 3 is 2.86 bits per heavy atom. The second kappa shape index (κ2) is 7.83. The van der Waals surface area contributed by atoms with Gasteiger partial charge in [0, 0.05) is 43.7 Å². The zero-order valence-corrected chi connectivity index (χ0v) is 16.4. The fourth-order valence-electron chi connectivity index (χ4n) is 4.29. The van der Waals surface area contributed by atoms with Crippen LogP contribution >= 0.6 is 0 Å². The second-order valence-electron chi connectivity index (χ2n) is 7.77. The van der Waals surface area contributed by atoms with Crippen LogP contribution in [0.2, 0.25) is 0 Å². The van der Waals surface area contributed by atoms with Crippen molar-refractivity contribution in [3.63, 3.8) is 0 Å². The fourth-order valence-corrected chi connectivity index (χ4v) is 4.29. The highest BCUT2D eigenvalue weighted by molar-refractivity contribution is 5.95. The Kier molecular flexibility index (Phi) is 4.89. The largest absolute Gasteiger partial charge is 0.474 e. The normalized spacial score (nSPS) is 18.0. The number of rotatable bonds is 4. The van der Waals surface area contributed by atoms with Crippen LogP contribution in [0.25, 0.3) is 5.65 Å². The number of carbonyl (C=O) groups is 1. The summed E-state index contributed by atoms with van der Waals surface area (Å²) in [5, 5.41) is 4.15.